The molecule has 3 heterocycles. The lowest BCUT2D eigenvalue weighted by atomic mass is 9.82. The Kier molecular flexibility index (Phi) is 5.73. The van der Waals surface area contributed by atoms with Gasteiger partial charge in [-0.25, -0.2) is 14.5 Å². The van der Waals surface area contributed by atoms with E-state index in [1.54, 1.807) is 6.07 Å². The van der Waals surface area contributed by atoms with Crippen molar-refractivity contribution in [1.29, 1.82) is 0 Å². The first kappa shape index (κ1) is 21.6. The van der Waals surface area contributed by atoms with Crippen molar-refractivity contribution in [2.75, 3.05) is 18.0 Å². The molecule has 7 heteroatoms. The summed E-state index contributed by atoms with van der Waals surface area (Å²) in [5.74, 6) is -0.597. The van der Waals surface area contributed by atoms with Gasteiger partial charge in [-0.2, -0.15) is 5.10 Å². The summed E-state index contributed by atoms with van der Waals surface area (Å²) in [7, 11) is 0. The number of nitrogens with zero attached hydrogens (tertiary/aromatic N) is 4. The van der Waals surface area contributed by atoms with Crippen molar-refractivity contribution in [2.45, 2.75) is 75.9 Å². The fraction of sp³-hybridized carbons (Fsp3) is 0.519. The molecule has 3 fully saturated rings. The fourth-order valence-electron chi connectivity index (χ4n) is 5.73. The second kappa shape index (κ2) is 9.02. The third-order valence-corrected chi connectivity index (χ3v) is 7.83. The SMILES string of the molecule is O=C(O)c1cc(N2CCC(OC3CCCC3)CC2)c2c(C3CCC3)nn(-c3ccccc3)c2n1. The van der Waals surface area contributed by atoms with Gasteiger partial charge in [-0.3, -0.25) is 0 Å². The number of aromatic carboxylic acids is 1. The van der Waals surface area contributed by atoms with Crippen LogP contribution in [-0.4, -0.2) is 51.1 Å². The molecule has 6 rings (SSSR count). The van der Waals surface area contributed by atoms with Crippen molar-refractivity contribution in [3.63, 3.8) is 0 Å². The Labute approximate surface area is 199 Å². The van der Waals surface area contributed by atoms with Gasteiger partial charge in [0, 0.05) is 19.0 Å². The number of benzene rings is 1. The van der Waals surface area contributed by atoms with Gasteiger partial charge in [-0.1, -0.05) is 37.5 Å². The molecule has 1 aliphatic heterocycles. The van der Waals surface area contributed by atoms with Gasteiger partial charge in [-0.05, 0) is 56.7 Å². The Morgan fingerprint density at radius 1 is 0.941 bits per heavy atom. The second-order valence-electron chi connectivity index (χ2n) is 10.0. The summed E-state index contributed by atoms with van der Waals surface area (Å²) in [6.45, 7) is 1.71. The minimum absolute atomic E-state index is 0.0732. The molecule has 1 saturated heterocycles. The number of fused-ring (bicyclic) bond motifs is 1. The lowest BCUT2D eigenvalue weighted by molar-refractivity contribution is -0.0194. The Balaban J connectivity index is 1.39. The van der Waals surface area contributed by atoms with Crippen molar-refractivity contribution in [1.82, 2.24) is 14.8 Å². The van der Waals surface area contributed by atoms with Crippen molar-refractivity contribution in [3.05, 3.63) is 47.8 Å². The summed E-state index contributed by atoms with van der Waals surface area (Å²) < 4.78 is 8.23. The van der Waals surface area contributed by atoms with E-state index in [0.717, 1.165) is 61.2 Å². The van der Waals surface area contributed by atoms with Gasteiger partial charge in [0.25, 0.3) is 0 Å². The van der Waals surface area contributed by atoms with Crippen molar-refractivity contribution < 1.29 is 14.6 Å². The molecular formula is C27H32N4O3. The van der Waals surface area contributed by atoms with Crippen molar-refractivity contribution in [2.24, 2.45) is 0 Å². The Morgan fingerprint density at radius 2 is 1.65 bits per heavy atom. The van der Waals surface area contributed by atoms with Gasteiger partial charge < -0.3 is 14.7 Å². The summed E-state index contributed by atoms with van der Waals surface area (Å²) in [5.41, 5.74) is 3.65. The first-order chi connectivity index (χ1) is 16.7. The third-order valence-electron chi connectivity index (χ3n) is 7.83. The van der Waals surface area contributed by atoms with Gasteiger partial charge >= 0.3 is 5.97 Å². The lowest BCUT2D eigenvalue weighted by Gasteiger charge is -2.35. The smallest absolute Gasteiger partial charge is 0.354 e. The average molecular weight is 461 g/mol. The molecule has 0 radical (unpaired) electrons. The summed E-state index contributed by atoms with van der Waals surface area (Å²) in [6.07, 6.45) is 11.1. The predicted molar refractivity (Wildman–Crippen MR) is 131 cm³/mol. The first-order valence-corrected chi connectivity index (χ1v) is 12.8. The zero-order chi connectivity index (χ0) is 23.1. The van der Waals surface area contributed by atoms with E-state index in [4.69, 9.17) is 9.84 Å². The van der Waals surface area contributed by atoms with Crippen molar-refractivity contribution >= 4 is 22.7 Å². The molecule has 178 valence electrons. The molecule has 1 aromatic carbocycles. The zero-order valence-corrected chi connectivity index (χ0v) is 19.5. The minimum Gasteiger partial charge on any atom is -0.477 e. The molecule has 2 saturated carbocycles. The highest BCUT2D eigenvalue weighted by molar-refractivity contribution is 5.98. The van der Waals surface area contributed by atoms with E-state index >= 15 is 0 Å². The Bertz CT molecular complexity index is 1170. The van der Waals surface area contributed by atoms with E-state index in [2.05, 4.69) is 9.88 Å². The number of pyridine rings is 1. The molecule has 7 nitrogen and oxygen atoms in total. The number of rotatable bonds is 6. The number of hydrogen-bond donors (Lipinski definition) is 1. The number of aromatic nitrogens is 3. The summed E-state index contributed by atoms with van der Waals surface area (Å²) in [4.78, 5) is 19.0. The molecular weight excluding hydrogens is 428 g/mol. The first-order valence-electron chi connectivity index (χ1n) is 12.8. The van der Waals surface area contributed by atoms with Crippen LogP contribution in [0.5, 0.6) is 0 Å². The lowest BCUT2D eigenvalue weighted by Crippen LogP contribution is -2.38. The van der Waals surface area contributed by atoms with Crippen LogP contribution >= 0.6 is 0 Å². The molecule has 34 heavy (non-hydrogen) atoms. The van der Waals surface area contributed by atoms with Crippen LogP contribution in [0.1, 0.15) is 79.9 Å². The van der Waals surface area contributed by atoms with Crippen LogP contribution in [0.3, 0.4) is 0 Å². The number of hydrogen-bond acceptors (Lipinski definition) is 5. The van der Waals surface area contributed by atoms with E-state index in [0.29, 0.717) is 23.8 Å². The quantitative estimate of drug-likeness (QED) is 0.537. The van der Waals surface area contributed by atoms with E-state index in [-0.39, 0.29) is 5.69 Å². The monoisotopic (exact) mass is 460 g/mol. The van der Waals surface area contributed by atoms with Crippen LogP contribution in [0.25, 0.3) is 16.7 Å². The van der Waals surface area contributed by atoms with Gasteiger partial charge in [0.15, 0.2) is 11.3 Å². The fourth-order valence-corrected chi connectivity index (χ4v) is 5.73. The number of carboxylic acids is 1. The molecule has 2 aliphatic carbocycles. The van der Waals surface area contributed by atoms with Gasteiger partial charge in [-0.15, -0.1) is 0 Å². The maximum absolute atomic E-state index is 12.1. The highest BCUT2D eigenvalue weighted by Crippen LogP contribution is 2.43. The zero-order valence-electron chi connectivity index (χ0n) is 19.5. The topological polar surface area (TPSA) is 80.5 Å². The molecule has 0 spiro atoms. The molecule has 1 N–H and O–H groups in total. The standard InChI is InChI=1S/C27H32N4O3/c32-27(33)22-17-23(30-15-13-21(14-16-30)34-20-11-4-5-12-20)24-25(18-7-6-8-18)29-31(26(24)28-22)19-9-2-1-3-10-19/h1-3,9-10,17-18,20-21H,4-8,11-16H2,(H,32,33). The van der Waals surface area contributed by atoms with Gasteiger partial charge in [0.05, 0.1) is 34.7 Å². The second-order valence-corrected chi connectivity index (χ2v) is 10.0. The van der Waals surface area contributed by atoms with Gasteiger partial charge in [0.2, 0.25) is 0 Å². The molecule has 0 unspecified atom stereocenters. The number of piperidine rings is 1. The maximum atomic E-state index is 12.1. The summed E-state index contributed by atoms with van der Waals surface area (Å²) in [5, 5.41) is 15.9. The van der Waals surface area contributed by atoms with Crippen LogP contribution < -0.4 is 4.90 Å². The van der Waals surface area contributed by atoms with Gasteiger partial charge in [0.1, 0.15) is 0 Å². The summed E-state index contributed by atoms with van der Waals surface area (Å²) >= 11 is 0. The minimum atomic E-state index is -1.01. The number of anilines is 1. The van der Waals surface area contributed by atoms with E-state index in [9.17, 15) is 9.90 Å². The number of carboxylic acid groups (broad SMARTS) is 1. The van der Waals surface area contributed by atoms with Crippen LogP contribution in [0.2, 0.25) is 0 Å². The molecule has 0 bridgehead atoms. The van der Waals surface area contributed by atoms with E-state index in [1.165, 1.54) is 32.1 Å². The van der Waals surface area contributed by atoms with Crippen LogP contribution in [0, 0.1) is 0 Å². The van der Waals surface area contributed by atoms with E-state index < -0.39 is 5.97 Å². The number of ether oxygens (including phenoxy) is 1. The van der Waals surface area contributed by atoms with Crippen LogP contribution in [-0.2, 0) is 4.74 Å². The Morgan fingerprint density at radius 3 is 2.29 bits per heavy atom. The van der Waals surface area contributed by atoms with Crippen molar-refractivity contribution in [3.8, 4) is 5.69 Å². The largest absolute Gasteiger partial charge is 0.477 e. The molecule has 3 aromatic rings. The number of para-hydroxylation sites is 1. The molecule has 0 atom stereocenters. The predicted octanol–water partition coefficient (Wildman–Crippen LogP) is 5.31. The van der Waals surface area contributed by atoms with Crippen LogP contribution in [0.4, 0.5) is 5.69 Å². The van der Waals surface area contributed by atoms with E-state index in [1.807, 2.05) is 35.0 Å². The highest BCUT2D eigenvalue weighted by Gasteiger charge is 2.32. The molecule has 0 amide bonds. The summed E-state index contributed by atoms with van der Waals surface area (Å²) in [6, 6.07) is 11.7. The third kappa shape index (κ3) is 3.96. The molecule has 3 aliphatic rings. The van der Waals surface area contributed by atoms with Crippen LogP contribution in [0.15, 0.2) is 36.4 Å². The maximum Gasteiger partial charge on any atom is 0.354 e. The number of carbonyl (C=O) groups is 1. The molecule has 2 aromatic heterocycles. The Hall–Kier alpha value is -2.93. The average Bonchev–Trinajstić information content (AvgIpc) is 3.47. The highest BCUT2D eigenvalue weighted by atomic mass is 16.5. The normalized spacial score (nSPS) is 20.2.